The van der Waals surface area contributed by atoms with Crippen molar-refractivity contribution in [1.29, 1.82) is 0 Å². The Morgan fingerprint density at radius 3 is 1.68 bits per heavy atom. The van der Waals surface area contributed by atoms with Crippen LogP contribution in [0.2, 0.25) is 0 Å². The summed E-state index contributed by atoms with van der Waals surface area (Å²) in [5.74, 6) is 0.740. The van der Waals surface area contributed by atoms with Crippen molar-refractivity contribution in [2.45, 2.75) is 0 Å². The Morgan fingerprint density at radius 1 is 0.351 bits per heavy atom. The van der Waals surface area contributed by atoms with Gasteiger partial charge in [-0.2, -0.15) is 0 Å². The SMILES string of the molecule is c1ccc(-c2nc(-c3cccc(-c4ccc5c(c4)c4cc(-n6c7ccccc7c7ccccc76)ccc4n5-c4ccccc4)c3)c3c(n2)sc2ccccc23)cc1. The van der Waals surface area contributed by atoms with Crippen LogP contribution >= 0.6 is 11.3 Å². The van der Waals surface area contributed by atoms with Gasteiger partial charge in [-0.15, -0.1) is 11.3 Å². The Hall–Kier alpha value is -7.34. The third-order valence-electron chi connectivity index (χ3n) is 11.3. The van der Waals surface area contributed by atoms with E-state index in [-0.39, 0.29) is 0 Å². The molecule has 8 aromatic carbocycles. The molecule has 0 atom stereocenters. The second-order valence-corrected chi connectivity index (χ2v) is 15.6. The van der Waals surface area contributed by atoms with Gasteiger partial charge >= 0.3 is 0 Å². The maximum atomic E-state index is 5.29. The molecule has 0 spiro atoms. The number of hydrogen-bond donors (Lipinski definition) is 0. The first kappa shape index (κ1) is 32.0. The summed E-state index contributed by atoms with van der Waals surface area (Å²) in [5, 5.41) is 7.22. The van der Waals surface area contributed by atoms with Crippen molar-refractivity contribution in [3.8, 4) is 45.1 Å². The molecule has 0 saturated heterocycles. The van der Waals surface area contributed by atoms with Gasteiger partial charge < -0.3 is 9.13 Å². The van der Waals surface area contributed by atoms with Gasteiger partial charge in [0.05, 0.1) is 27.8 Å². The summed E-state index contributed by atoms with van der Waals surface area (Å²) in [5.41, 5.74) is 12.4. The number of rotatable bonds is 5. The molecule has 12 aromatic rings. The summed E-state index contributed by atoms with van der Waals surface area (Å²) in [6.07, 6.45) is 0. The maximum Gasteiger partial charge on any atom is 0.161 e. The molecule has 12 rings (SSSR count). The van der Waals surface area contributed by atoms with E-state index in [0.717, 1.165) is 55.4 Å². The molecule has 5 heteroatoms. The molecule has 0 aliphatic carbocycles. The highest BCUT2D eigenvalue weighted by molar-refractivity contribution is 7.25. The largest absolute Gasteiger partial charge is 0.309 e. The molecule has 4 heterocycles. The van der Waals surface area contributed by atoms with Crippen LogP contribution in [-0.2, 0) is 0 Å². The van der Waals surface area contributed by atoms with E-state index in [1.807, 2.05) is 18.2 Å². The number of hydrogen-bond acceptors (Lipinski definition) is 3. The smallest absolute Gasteiger partial charge is 0.161 e. The maximum absolute atomic E-state index is 5.29. The highest BCUT2D eigenvalue weighted by Crippen LogP contribution is 2.42. The lowest BCUT2D eigenvalue weighted by Crippen LogP contribution is -1.95. The lowest BCUT2D eigenvalue weighted by atomic mass is 9.98. The lowest BCUT2D eigenvalue weighted by Gasteiger charge is -2.10. The standard InChI is InChI=1S/C52H32N4S/c1-3-14-33(15-4-1)51-53-50(49-41-22-9-12-25-48(41)57-52(49)54-51)36-17-13-16-34(30-36)35-26-28-46-42(31-35)43-32-38(27-29-47(43)55(46)37-18-5-2-6-19-37)56-44-23-10-7-20-39(44)40-21-8-11-24-45(40)56/h1-32H. The third-order valence-corrected chi connectivity index (χ3v) is 12.4. The molecule has 0 saturated carbocycles. The predicted molar refractivity (Wildman–Crippen MR) is 240 cm³/mol. The fraction of sp³-hybridized carbons (Fsp3) is 0. The van der Waals surface area contributed by atoms with Gasteiger partial charge in [-0.05, 0) is 77.9 Å². The zero-order valence-electron chi connectivity index (χ0n) is 30.7. The topological polar surface area (TPSA) is 35.6 Å². The molecular weight excluding hydrogens is 713 g/mol. The van der Waals surface area contributed by atoms with Crippen molar-refractivity contribution in [2.24, 2.45) is 0 Å². The molecular formula is C52H32N4S. The van der Waals surface area contributed by atoms with E-state index in [1.54, 1.807) is 11.3 Å². The highest BCUT2D eigenvalue weighted by Gasteiger charge is 2.19. The van der Waals surface area contributed by atoms with Gasteiger partial charge in [0.15, 0.2) is 5.82 Å². The van der Waals surface area contributed by atoms with Gasteiger partial charge in [0.1, 0.15) is 4.83 Å². The van der Waals surface area contributed by atoms with E-state index in [1.165, 1.54) is 53.7 Å². The van der Waals surface area contributed by atoms with Crippen molar-refractivity contribution < 1.29 is 0 Å². The van der Waals surface area contributed by atoms with Crippen LogP contribution in [0.25, 0.3) is 109 Å². The molecule has 0 amide bonds. The Balaban J connectivity index is 1.07. The van der Waals surface area contributed by atoms with Crippen LogP contribution in [-0.4, -0.2) is 19.1 Å². The van der Waals surface area contributed by atoms with E-state index < -0.39 is 0 Å². The van der Waals surface area contributed by atoms with E-state index in [9.17, 15) is 0 Å². The minimum Gasteiger partial charge on any atom is -0.309 e. The first-order valence-electron chi connectivity index (χ1n) is 19.2. The third kappa shape index (κ3) is 4.99. The summed E-state index contributed by atoms with van der Waals surface area (Å²) in [7, 11) is 0. The summed E-state index contributed by atoms with van der Waals surface area (Å²) in [6.45, 7) is 0. The van der Waals surface area contributed by atoms with Gasteiger partial charge in [0.25, 0.3) is 0 Å². The predicted octanol–water partition coefficient (Wildman–Crippen LogP) is 14.0. The molecule has 4 nitrogen and oxygen atoms in total. The van der Waals surface area contributed by atoms with E-state index >= 15 is 0 Å². The molecule has 4 aromatic heterocycles. The van der Waals surface area contributed by atoms with E-state index in [0.29, 0.717) is 0 Å². The average Bonchev–Trinajstić information content (AvgIpc) is 3.94. The lowest BCUT2D eigenvalue weighted by molar-refractivity contribution is 1.17. The summed E-state index contributed by atoms with van der Waals surface area (Å²) in [6, 6.07) is 69.7. The van der Waals surface area contributed by atoms with Gasteiger partial charge in [0, 0.05) is 59.5 Å². The number of para-hydroxylation sites is 3. The van der Waals surface area contributed by atoms with Crippen LogP contribution in [0.5, 0.6) is 0 Å². The van der Waals surface area contributed by atoms with Crippen LogP contribution in [0.1, 0.15) is 0 Å². The van der Waals surface area contributed by atoms with E-state index in [4.69, 9.17) is 9.97 Å². The minimum atomic E-state index is 0.740. The normalized spacial score (nSPS) is 11.9. The fourth-order valence-electron chi connectivity index (χ4n) is 8.78. The Bertz CT molecular complexity index is 3470. The highest BCUT2D eigenvalue weighted by atomic mass is 32.1. The van der Waals surface area contributed by atoms with Gasteiger partial charge in [-0.3, -0.25) is 0 Å². The van der Waals surface area contributed by atoms with Crippen molar-refractivity contribution in [3.05, 3.63) is 194 Å². The first-order valence-corrected chi connectivity index (χ1v) is 20.1. The molecule has 0 bridgehead atoms. The van der Waals surface area contributed by atoms with Gasteiger partial charge in [0.2, 0.25) is 0 Å². The summed E-state index contributed by atoms with van der Waals surface area (Å²) in [4.78, 5) is 11.4. The number of fused-ring (bicyclic) bond motifs is 9. The van der Waals surface area contributed by atoms with Gasteiger partial charge in [-0.1, -0.05) is 127 Å². The van der Waals surface area contributed by atoms with Crippen LogP contribution in [0.4, 0.5) is 0 Å². The quantitative estimate of drug-likeness (QED) is 0.176. The number of aromatic nitrogens is 4. The van der Waals surface area contributed by atoms with Crippen molar-refractivity contribution in [3.63, 3.8) is 0 Å². The zero-order chi connectivity index (χ0) is 37.5. The minimum absolute atomic E-state index is 0.740. The molecule has 0 radical (unpaired) electrons. The Labute approximate surface area is 332 Å². The van der Waals surface area contributed by atoms with Crippen LogP contribution < -0.4 is 0 Å². The molecule has 0 aliphatic heterocycles. The fourth-order valence-corrected chi connectivity index (χ4v) is 9.86. The second-order valence-electron chi connectivity index (χ2n) is 14.6. The number of nitrogens with zero attached hydrogens (tertiary/aromatic N) is 4. The summed E-state index contributed by atoms with van der Waals surface area (Å²) >= 11 is 1.73. The Kier molecular flexibility index (Phi) is 7.06. The van der Waals surface area contributed by atoms with Gasteiger partial charge in [-0.25, -0.2) is 9.97 Å². The first-order chi connectivity index (χ1) is 28.3. The monoisotopic (exact) mass is 744 g/mol. The van der Waals surface area contributed by atoms with Crippen LogP contribution in [0, 0.1) is 0 Å². The molecule has 0 aliphatic rings. The van der Waals surface area contributed by atoms with E-state index in [2.05, 4.69) is 185 Å². The number of benzene rings is 8. The van der Waals surface area contributed by atoms with Crippen molar-refractivity contribution >= 4 is 75.3 Å². The van der Waals surface area contributed by atoms with Crippen LogP contribution in [0.15, 0.2) is 194 Å². The Morgan fingerprint density at radius 2 is 0.912 bits per heavy atom. The van der Waals surface area contributed by atoms with Crippen LogP contribution in [0.3, 0.4) is 0 Å². The number of thiophene rings is 1. The second kappa shape index (κ2) is 12.6. The molecule has 0 N–H and O–H groups in total. The van der Waals surface area contributed by atoms with Crippen molar-refractivity contribution in [2.75, 3.05) is 0 Å². The average molecular weight is 745 g/mol. The molecule has 266 valence electrons. The van der Waals surface area contributed by atoms with Crippen molar-refractivity contribution in [1.82, 2.24) is 19.1 Å². The zero-order valence-corrected chi connectivity index (χ0v) is 31.5. The molecule has 0 fully saturated rings. The molecule has 57 heavy (non-hydrogen) atoms. The summed E-state index contributed by atoms with van der Waals surface area (Å²) < 4.78 is 6.01. The molecule has 0 unspecified atom stereocenters.